The molecule has 0 heterocycles. The Bertz CT molecular complexity index is 648. The van der Waals surface area contributed by atoms with E-state index < -0.39 is 18.2 Å². The summed E-state index contributed by atoms with van der Waals surface area (Å²) < 4.78 is 10.5. The molecule has 1 rings (SSSR count). The lowest BCUT2D eigenvalue weighted by atomic mass is 9.99. The van der Waals surface area contributed by atoms with Crippen molar-refractivity contribution in [2.45, 2.75) is 72.1 Å². The molecule has 0 saturated carbocycles. The molecule has 0 aliphatic carbocycles. The Morgan fingerprint density at radius 2 is 1.70 bits per heavy atom. The summed E-state index contributed by atoms with van der Waals surface area (Å²) >= 11 is 0. The van der Waals surface area contributed by atoms with Crippen molar-refractivity contribution in [2.24, 2.45) is 5.92 Å². The van der Waals surface area contributed by atoms with Gasteiger partial charge >= 0.3 is 6.09 Å². The van der Waals surface area contributed by atoms with Crippen molar-refractivity contribution in [3.63, 3.8) is 0 Å². The Morgan fingerprint density at radius 1 is 1.00 bits per heavy atom. The number of ketones is 1. The second kappa shape index (κ2) is 14.6. The van der Waals surface area contributed by atoms with Crippen LogP contribution in [0.1, 0.15) is 58.9 Å². The van der Waals surface area contributed by atoms with E-state index in [1.807, 2.05) is 58.0 Å². The number of carbonyl (C=O) groups is 3. The van der Waals surface area contributed by atoms with Crippen LogP contribution in [0.25, 0.3) is 0 Å². The largest absolute Gasteiger partial charge is 0.445 e. The van der Waals surface area contributed by atoms with Gasteiger partial charge in [0.25, 0.3) is 0 Å². The van der Waals surface area contributed by atoms with Crippen LogP contribution in [0.2, 0.25) is 0 Å². The normalized spacial score (nSPS) is 12.8. The number of nitrogens with one attached hydrogen (secondary N) is 2. The van der Waals surface area contributed by atoms with Crippen molar-refractivity contribution in [3.05, 3.63) is 35.9 Å². The number of unbranched alkanes of at least 4 members (excludes halogenated alkanes) is 1. The molecule has 0 radical (unpaired) electrons. The SMILES string of the molecule is CCCC[C@H](NC(=O)OCc1ccccc1)C(=O)N[C@@H](CC(C)C)C(=O)COCC. The number of carbonyl (C=O) groups excluding carboxylic acids is 3. The number of hydrogen-bond acceptors (Lipinski definition) is 5. The minimum Gasteiger partial charge on any atom is -0.445 e. The van der Waals surface area contributed by atoms with Crippen LogP contribution in [0.15, 0.2) is 30.3 Å². The van der Waals surface area contributed by atoms with Gasteiger partial charge in [0.05, 0.1) is 6.04 Å². The lowest BCUT2D eigenvalue weighted by Crippen LogP contribution is -2.52. The first kappa shape index (κ1) is 25.6. The highest BCUT2D eigenvalue weighted by Gasteiger charge is 2.27. The summed E-state index contributed by atoms with van der Waals surface area (Å²) in [6, 6.07) is 7.92. The van der Waals surface area contributed by atoms with Crippen molar-refractivity contribution >= 4 is 17.8 Å². The van der Waals surface area contributed by atoms with E-state index in [1.165, 1.54) is 0 Å². The van der Waals surface area contributed by atoms with E-state index in [1.54, 1.807) is 0 Å². The molecule has 0 fully saturated rings. The van der Waals surface area contributed by atoms with Crippen LogP contribution in [0.4, 0.5) is 4.79 Å². The molecule has 30 heavy (non-hydrogen) atoms. The van der Waals surface area contributed by atoms with Crippen molar-refractivity contribution < 1.29 is 23.9 Å². The fraction of sp³-hybridized carbons (Fsp3) is 0.609. The molecule has 2 N–H and O–H groups in total. The fourth-order valence-electron chi connectivity index (χ4n) is 2.90. The first-order valence-corrected chi connectivity index (χ1v) is 10.7. The molecule has 0 aliphatic rings. The molecule has 1 aromatic carbocycles. The molecule has 2 amide bonds. The van der Waals surface area contributed by atoms with Crippen LogP contribution in [-0.4, -0.2) is 43.1 Å². The molecule has 0 bridgehead atoms. The average Bonchev–Trinajstić information content (AvgIpc) is 2.73. The summed E-state index contributed by atoms with van der Waals surface area (Å²) in [5, 5.41) is 5.45. The van der Waals surface area contributed by atoms with E-state index in [0.29, 0.717) is 19.4 Å². The van der Waals surface area contributed by atoms with Gasteiger partial charge in [-0.2, -0.15) is 0 Å². The third-order valence-electron chi connectivity index (χ3n) is 4.53. The number of ether oxygens (including phenoxy) is 2. The lowest BCUT2D eigenvalue weighted by Gasteiger charge is -2.24. The quantitative estimate of drug-likeness (QED) is 0.480. The first-order valence-electron chi connectivity index (χ1n) is 10.7. The molecule has 0 aliphatic heterocycles. The zero-order valence-corrected chi connectivity index (χ0v) is 18.6. The van der Waals surface area contributed by atoms with Crippen molar-refractivity contribution in [3.8, 4) is 0 Å². The molecule has 168 valence electrons. The van der Waals surface area contributed by atoms with Crippen LogP contribution in [-0.2, 0) is 25.7 Å². The van der Waals surface area contributed by atoms with Crippen molar-refractivity contribution in [2.75, 3.05) is 13.2 Å². The van der Waals surface area contributed by atoms with Gasteiger partial charge in [0.1, 0.15) is 19.3 Å². The standard InChI is InChI=1S/C23H36N2O5/c1-5-7-13-19(25-23(28)30-15-18-11-9-8-10-12-18)22(27)24-20(14-17(3)4)21(26)16-29-6-2/h8-12,17,19-20H,5-7,13-16H2,1-4H3,(H,24,27)(H,25,28)/t19-,20-/m0/s1. The van der Waals surface area contributed by atoms with E-state index in [2.05, 4.69) is 10.6 Å². The summed E-state index contributed by atoms with van der Waals surface area (Å²) in [7, 11) is 0. The fourth-order valence-corrected chi connectivity index (χ4v) is 2.90. The molecule has 7 heteroatoms. The maximum absolute atomic E-state index is 12.9. The Morgan fingerprint density at radius 3 is 2.30 bits per heavy atom. The lowest BCUT2D eigenvalue weighted by molar-refractivity contribution is -0.131. The van der Waals surface area contributed by atoms with Crippen LogP contribution in [0.3, 0.4) is 0 Å². The zero-order valence-electron chi connectivity index (χ0n) is 18.6. The molecular formula is C23H36N2O5. The predicted octanol–water partition coefficient (Wildman–Crippen LogP) is 3.61. The van der Waals surface area contributed by atoms with Crippen molar-refractivity contribution in [1.29, 1.82) is 0 Å². The van der Waals surface area contributed by atoms with Gasteiger partial charge in [-0.15, -0.1) is 0 Å². The smallest absolute Gasteiger partial charge is 0.408 e. The van der Waals surface area contributed by atoms with E-state index in [9.17, 15) is 14.4 Å². The number of amides is 2. The highest BCUT2D eigenvalue weighted by atomic mass is 16.5. The third-order valence-corrected chi connectivity index (χ3v) is 4.53. The Kier molecular flexibility index (Phi) is 12.4. The molecule has 2 atom stereocenters. The summed E-state index contributed by atoms with van der Waals surface area (Å²) in [4.78, 5) is 37.5. The summed E-state index contributed by atoms with van der Waals surface area (Å²) in [5.41, 5.74) is 0.862. The zero-order chi connectivity index (χ0) is 22.4. The van der Waals surface area contributed by atoms with Gasteiger partial charge in [-0.05, 0) is 31.2 Å². The van der Waals surface area contributed by atoms with Crippen LogP contribution < -0.4 is 10.6 Å². The number of benzene rings is 1. The second-order valence-electron chi connectivity index (χ2n) is 7.70. The minimum atomic E-state index is -0.761. The van der Waals surface area contributed by atoms with Crippen molar-refractivity contribution in [1.82, 2.24) is 10.6 Å². The second-order valence-corrected chi connectivity index (χ2v) is 7.70. The molecular weight excluding hydrogens is 384 g/mol. The molecule has 0 saturated heterocycles. The van der Waals surface area contributed by atoms with Gasteiger partial charge in [-0.3, -0.25) is 9.59 Å². The van der Waals surface area contributed by atoms with Crippen LogP contribution in [0, 0.1) is 5.92 Å². The third kappa shape index (κ3) is 10.4. The van der Waals surface area contributed by atoms with E-state index >= 15 is 0 Å². The van der Waals surface area contributed by atoms with Gasteiger partial charge in [0, 0.05) is 6.61 Å². The van der Waals surface area contributed by atoms with Gasteiger partial charge in [-0.1, -0.05) is 63.9 Å². The first-order chi connectivity index (χ1) is 14.4. The topological polar surface area (TPSA) is 93.7 Å². The number of rotatable bonds is 14. The molecule has 1 aromatic rings. The molecule has 0 unspecified atom stereocenters. The Labute approximate surface area is 179 Å². The van der Waals surface area contributed by atoms with E-state index in [4.69, 9.17) is 9.47 Å². The minimum absolute atomic E-state index is 0.0413. The van der Waals surface area contributed by atoms with Gasteiger partial charge in [0.15, 0.2) is 5.78 Å². The average molecular weight is 421 g/mol. The Hall–Kier alpha value is -2.41. The summed E-state index contributed by atoms with van der Waals surface area (Å²) in [6.45, 7) is 8.31. The van der Waals surface area contributed by atoms with Gasteiger partial charge in [-0.25, -0.2) is 4.79 Å². The monoisotopic (exact) mass is 420 g/mol. The maximum atomic E-state index is 12.9. The van der Waals surface area contributed by atoms with Crippen LogP contribution in [0.5, 0.6) is 0 Å². The number of Topliss-reactive ketones (excluding diaryl/α,β-unsaturated/α-hetero) is 1. The highest BCUT2D eigenvalue weighted by Crippen LogP contribution is 2.09. The summed E-state index contributed by atoms with van der Waals surface area (Å²) in [6.07, 6.45) is 1.96. The van der Waals surface area contributed by atoms with E-state index in [-0.39, 0.29) is 30.8 Å². The predicted molar refractivity (Wildman–Crippen MR) is 116 cm³/mol. The number of hydrogen-bond donors (Lipinski definition) is 2. The molecule has 7 nitrogen and oxygen atoms in total. The molecule has 0 aromatic heterocycles. The summed E-state index contributed by atoms with van der Waals surface area (Å²) in [5.74, 6) is -0.325. The highest BCUT2D eigenvalue weighted by molar-refractivity contribution is 5.92. The number of alkyl carbamates (subject to hydrolysis) is 1. The van der Waals surface area contributed by atoms with Gasteiger partial charge < -0.3 is 20.1 Å². The van der Waals surface area contributed by atoms with Gasteiger partial charge in [0.2, 0.25) is 5.91 Å². The Balaban J connectivity index is 2.71. The maximum Gasteiger partial charge on any atom is 0.408 e. The molecule has 0 spiro atoms. The van der Waals surface area contributed by atoms with E-state index in [0.717, 1.165) is 18.4 Å². The van der Waals surface area contributed by atoms with Crippen LogP contribution >= 0.6 is 0 Å².